The number of pyridine rings is 1. The molecule has 1 N–H and O–H groups in total. The zero-order chi connectivity index (χ0) is 23.9. The lowest BCUT2D eigenvalue weighted by atomic mass is 9.83. The molecule has 0 saturated heterocycles. The predicted octanol–water partition coefficient (Wildman–Crippen LogP) is 4.72. The van der Waals surface area contributed by atoms with Crippen molar-refractivity contribution in [2.45, 2.75) is 25.8 Å². The van der Waals surface area contributed by atoms with Gasteiger partial charge in [-0.25, -0.2) is 22.8 Å². The standard InChI is InChI=1S/C24H20F3N3O3/c1-24(2,23(32)33-3)18-7-5-13(8-20(18)31)21-17-9-16(26)11-28-22(17)30(29-21)12-14-4-6-15(25)10-19(14)27/h4-11,31H,12H2,1-3H3. The Morgan fingerprint density at radius 3 is 2.52 bits per heavy atom. The Bertz CT molecular complexity index is 1380. The van der Waals surface area contributed by atoms with E-state index < -0.39 is 28.8 Å². The second-order valence-electron chi connectivity index (χ2n) is 8.12. The molecule has 4 aromatic rings. The smallest absolute Gasteiger partial charge is 0.315 e. The van der Waals surface area contributed by atoms with Gasteiger partial charge in [-0.05, 0) is 32.0 Å². The van der Waals surface area contributed by atoms with Gasteiger partial charge < -0.3 is 9.84 Å². The summed E-state index contributed by atoms with van der Waals surface area (Å²) >= 11 is 0. The van der Waals surface area contributed by atoms with E-state index in [0.29, 0.717) is 22.2 Å². The van der Waals surface area contributed by atoms with Crippen LogP contribution in [0.1, 0.15) is 25.0 Å². The number of carbonyl (C=O) groups excluding carboxylic acids is 1. The minimum atomic E-state index is -1.10. The zero-order valence-electron chi connectivity index (χ0n) is 18.1. The largest absolute Gasteiger partial charge is 0.508 e. The lowest BCUT2D eigenvalue weighted by Crippen LogP contribution is -2.30. The van der Waals surface area contributed by atoms with Crippen LogP contribution < -0.4 is 0 Å². The van der Waals surface area contributed by atoms with Crippen LogP contribution in [0.15, 0.2) is 48.7 Å². The molecule has 0 amide bonds. The molecule has 0 aliphatic heterocycles. The molecule has 2 heterocycles. The molecule has 6 nitrogen and oxygen atoms in total. The molecule has 0 saturated carbocycles. The molecule has 2 aromatic carbocycles. The SMILES string of the molecule is COC(=O)C(C)(C)c1ccc(-c2nn(Cc3ccc(F)cc3F)c3ncc(F)cc23)cc1O. The molecule has 9 heteroatoms. The molecular weight excluding hydrogens is 435 g/mol. The first-order chi connectivity index (χ1) is 15.6. The summed E-state index contributed by atoms with van der Waals surface area (Å²) in [7, 11) is 1.26. The minimum absolute atomic E-state index is 0.0688. The van der Waals surface area contributed by atoms with Crippen molar-refractivity contribution in [3.8, 4) is 17.0 Å². The number of ether oxygens (including phenoxy) is 1. The highest BCUT2D eigenvalue weighted by atomic mass is 19.1. The summed E-state index contributed by atoms with van der Waals surface area (Å²) in [6.07, 6.45) is 1.02. The van der Waals surface area contributed by atoms with Gasteiger partial charge in [-0.15, -0.1) is 0 Å². The maximum absolute atomic E-state index is 14.2. The summed E-state index contributed by atoms with van der Waals surface area (Å²) in [6, 6.07) is 9.07. The van der Waals surface area contributed by atoms with Gasteiger partial charge in [0.25, 0.3) is 0 Å². The Hall–Kier alpha value is -3.88. The van der Waals surface area contributed by atoms with E-state index in [2.05, 4.69) is 10.1 Å². The molecule has 0 radical (unpaired) electrons. The summed E-state index contributed by atoms with van der Waals surface area (Å²) in [6.45, 7) is 3.17. The van der Waals surface area contributed by atoms with Gasteiger partial charge in [0.15, 0.2) is 5.65 Å². The van der Waals surface area contributed by atoms with Crippen LogP contribution in [-0.2, 0) is 21.5 Å². The first-order valence-corrected chi connectivity index (χ1v) is 10.00. The average Bonchev–Trinajstić information content (AvgIpc) is 3.12. The highest BCUT2D eigenvalue weighted by molar-refractivity contribution is 5.92. The van der Waals surface area contributed by atoms with Crippen LogP contribution in [-0.4, -0.2) is 33.0 Å². The van der Waals surface area contributed by atoms with E-state index in [9.17, 15) is 23.1 Å². The van der Waals surface area contributed by atoms with Crippen molar-refractivity contribution in [3.63, 3.8) is 0 Å². The lowest BCUT2D eigenvalue weighted by molar-refractivity contribution is -0.146. The van der Waals surface area contributed by atoms with Crippen LogP contribution in [0, 0.1) is 17.5 Å². The molecule has 0 atom stereocenters. The topological polar surface area (TPSA) is 77.2 Å². The monoisotopic (exact) mass is 455 g/mol. The number of halogens is 3. The third-order valence-electron chi connectivity index (χ3n) is 5.53. The number of benzene rings is 2. The number of rotatable bonds is 5. The molecule has 0 aliphatic rings. The number of phenols is 1. The molecule has 33 heavy (non-hydrogen) atoms. The maximum Gasteiger partial charge on any atom is 0.315 e. The summed E-state index contributed by atoms with van der Waals surface area (Å²) in [5.41, 5.74) is 0.446. The fourth-order valence-corrected chi connectivity index (χ4v) is 3.74. The molecule has 0 fully saturated rings. The normalized spacial score (nSPS) is 11.7. The van der Waals surface area contributed by atoms with E-state index in [0.717, 1.165) is 18.3 Å². The summed E-state index contributed by atoms with van der Waals surface area (Å²) in [4.78, 5) is 16.2. The number of nitrogens with zero attached hydrogens (tertiary/aromatic N) is 3. The highest BCUT2D eigenvalue weighted by Crippen LogP contribution is 2.37. The number of aromatic nitrogens is 3. The van der Waals surface area contributed by atoms with Crippen LogP contribution in [0.5, 0.6) is 5.75 Å². The van der Waals surface area contributed by atoms with Crippen molar-refractivity contribution >= 4 is 17.0 Å². The van der Waals surface area contributed by atoms with Crippen LogP contribution >= 0.6 is 0 Å². The molecule has 0 bridgehead atoms. The quantitative estimate of drug-likeness (QED) is 0.441. The van der Waals surface area contributed by atoms with E-state index >= 15 is 0 Å². The molecule has 0 spiro atoms. The van der Waals surface area contributed by atoms with Crippen molar-refractivity contribution in [2.75, 3.05) is 7.11 Å². The summed E-state index contributed by atoms with van der Waals surface area (Å²) < 4.78 is 47.7. The van der Waals surface area contributed by atoms with Crippen molar-refractivity contribution in [3.05, 3.63) is 77.2 Å². The van der Waals surface area contributed by atoms with Crippen LogP contribution in [0.3, 0.4) is 0 Å². The fraction of sp³-hybridized carbons (Fsp3) is 0.208. The maximum atomic E-state index is 14.2. The van der Waals surface area contributed by atoms with Gasteiger partial charge in [0.1, 0.15) is 28.9 Å². The number of esters is 1. The molecule has 0 aliphatic carbocycles. The number of aromatic hydroxyl groups is 1. The number of carbonyl (C=O) groups is 1. The first kappa shape index (κ1) is 22.3. The van der Waals surface area contributed by atoms with Crippen molar-refractivity contribution in [1.29, 1.82) is 0 Å². The molecular formula is C24H20F3N3O3. The third kappa shape index (κ3) is 4.02. The van der Waals surface area contributed by atoms with E-state index in [1.165, 1.54) is 30.0 Å². The van der Waals surface area contributed by atoms with Crippen molar-refractivity contribution in [2.24, 2.45) is 0 Å². The predicted molar refractivity (Wildman–Crippen MR) is 115 cm³/mol. The minimum Gasteiger partial charge on any atom is -0.508 e. The molecule has 170 valence electrons. The Balaban J connectivity index is 1.82. The molecule has 4 rings (SSSR count). The van der Waals surface area contributed by atoms with Crippen LogP contribution in [0.4, 0.5) is 13.2 Å². The van der Waals surface area contributed by atoms with Gasteiger partial charge in [-0.2, -0.15) is 5.10 Å². The third-order valence-corrected chi connectivity index (χ3v) is 5.53. The van der Waals surface area contributed by atoms with Gasteiger partial charge in [-0.1, -0.05) is 18.2 Å². The number of hydrogen-bond acceptors (Lipinski definition) is 5. The Kier molecular flexibility index (Phi) is 5.57. The lowest BCUT2D eigenvalue weighted by Gasteiger charge is -2.23. The number of methoxy groups -OCH3 is 1. The number of phenolic OH excluding ortho intramolecular Hbond substituents is 1. The second kappa shape index (κ2) is 8.23. The van der Waals surface area contributed by atoms with E-state index in [-0.39, 0.29) is 23.5 Å². The summed E-state index contributed by atoms with van der Waals surface area (Å²) in [5.74, 6) is -2.72. The van der Waals surface area contributed by atoms with Crippen LogP contribution in [0.25, 0.3) is 22.3 Å². The van der Waals surface area contributed by atoms with Crippen molar-refractivity contribution in [1.82, 2.24) is 14.8 Å². The second-order valence-corrected chi connectivity index (χ2v) is 8.12. The Morgan fingerprint density at radius 1 is 1.09 bits per heavy atom. The van der Waals surface area contributed by atoms with Gasteiger partial charge in [0.2, 0.25) is 0 Å². The number of hydrogen-bond donors (Lipinski definition) is 1. The average molecular weight is 455 g/mol. The Morgan fingerprint density at radius 2 is 1.85 bits per heavy atom. The van der Waals surface area contributed by atoms with Crippen molar-refractivity contribution < 1.29 is 27.8 Å². The number of fused-ring (bicyclic) bond motifs is 1. The molecule has 2 aromatic heterocycles. The summed E-state index contributed by atoms with van der Waals surface area (Å²) in [5, 5.41) is 15.5. The van der Waals surface area contributed by atoms with Gasteiger partial charge in [0.05, 0.1) is 25.3 Å². The van der Waals surface area contributed by atoms with Gasteiger partial charge in [-0.3, -0.25) is 4.79 Å². The zero-order valence-corrected chi connectivity index (χ0v) is 18.1. The van der Waals surface area contributed by atoms with E-state index in [1.807, 2.05) is 0 Å². The highest BCUT2D eigenvalue weighted by Gasteiger charge is 2.33. The molecule has 0 unspecified atom stereocenters. The Labute approximate surface area is 187 Å². The van der Waals surface area contributed by atoms with Gasteiger partial charge in [0, 0.05) is 28.1 Å². The first-order valence-electron chi connectivity index (χ1n) is 10.00. The van der Waals surface area contributed by atoms with E-state index in [4.69, 9.17) is 4.74 Å². The van der Waals surface area contributed by atoms with Gasteiger partial charge >= 0.3 is 5.97 Å². The van der Waals surface area contributed by atoms with Crippen LogP contribution in [0.2, 0.25) is 0 Å². The fourth-order valence-electron chi connectivity index (χ4n) is 3.74. The van der Waals surface area contributed by atoms with E-state index in [1.54, 1.807) is 26.0 Å².